The molecule has 5 heteroatoms. The quantitative estimate of drug-likeness (QED) is 0.797. The van der Waals surface area contributed by atoms with Gasteiger partial charge in [0.05, 0.1) is 11.4 Å². The van der Waals surface area contributed by atoms with Gasteiger partial charge in [0.25, 0.3) is 0 Å². The predicted octanol–water partition coefficient (Wildman–Crippen LogP) is 2.27. The van der Waals surface area contributed by atoms with Crippen molar-refractivity contribution < 1.29 is 0 Å². The van der Waals surface area contributed by atoms with Gasteiger partial charge in [-0.25, -0.2) is 4.98 Å². The first-order chi connectivity index (χ1) is 10.1. The molecular formula is C16H19N5. The van der Waals surface area contributed by atoms with Gasteiger partial charge < -0.3 is 5.32 Å². The summed E-state index contributed by atoms with van der Waals surface area (Å²) in [6, 6.07) is 6.20. The molecule has 3 aromatic heterocycles. The van der Waals surface area contributed by atoms with E-state index in [0.29, 0.717) is 0 Å². The molecule has 0 aromatic carbocycles. The maximum atomic E-state index is 4.49. The first kappa shape index (κ1) is 13.7. The van der Waals surface area contributed by atoms with Gasteiger partial charge >= 0.3 is 0 Å². The van der Waals surface area contributed by atoms with Gasteiger partial charge in [-0.2, -0.15) is 5.10 Å². The van der Waals surface area contributed by atoms with Gasteiger partial charge in [0, 0.05) is 37.9 Å². The van der Waals surface area contributed by atoms with Crippen LogP contribution in [0.15, 0.2) is 30.6 Å². The monoisotopic (exact) mass is 281 g/mol. The lowest BCUT2D eigenvalue weighted by Crippen LogP contribution is -2.14. The van der Waals surface area contributed by atoms with Gasteiger partial charge in [-0.3, -0.25) is 9.67 Å². The summed E-state index contributed by atoms with van der Waals surface area (Å²) < 4.78 is 1.82. The third-order valence-electron chi connectivity index (χ3n) is 3.66. The SMILES string of the molecule is Cc1cccnc1CNCc1cnc2c(c1)c(C)nn2C. The lowest BCUT2D eigenvalue weighted by atomic mass is 10.2. The molecule has 3 heterocycles. The van der Waals surface area contributed by atoms with Gasteiger partial charge in [0.15, 0.2) is 5.65 Å². The third kappa shape index (κ3) is 2.78. The van der Waals surface area contributed by atoms with E-state index in [2.05, 4.69) is 39.4 Å². The summed E-state index contributed by atoms with van der Waals surface area (Å²) in [6.45, 7) is 5.62. The molecule has 5 nitrogen and oxygen atoms in total. The Labute approximate surface area is 124 Å². The molecule has 0 atom stereocenters. The van der Waals surface area contributed by atoms with E-state index >= 15 is 0 Å². The number of aromatic nitrogens is 4. The van der Waals surface area contributed by atoms with Crippen molar-refractivity contribution in [3.05, 3.63) is 53.1 Å². The standard InChI is InChI=1S/C16H19N5/c1-11-5-4-6-18-15(11)10-17-8-13-7-14-12(2)20-21(3)16(14)19-9-13/h4-7,9,17H,8,10H2,1-3H3. The van der Waals surface area contributed by atoms with E-state index in [-0.39, 0.29) is 0 Å². The van der Waals surface area contributed by atoms with Gasteiger partial charge in [-0.15, -0.1) is 0 Å². The molecule has 0 bridgehead atoms. The average molecular weight is 281 g/mol. The predicted molar refractivity (Wildman–Crippen MR) is 82.8 cm³/mol. The molecule has 0 aliphatic rings. The molecular weight excluding hydrogens is 262 g/mol. The van der Waals surface area contributed by atoms with E-state index in [1.807, 2.05) is 37.1 Å². The number of hydrogen-bond acceptors (Lipinski definition) is 4. The third-order valence-corrected chi connectivity index (χ3v) is 3.66. The first-order valence-corrected chi connectivity index (χ1v) is 7.04. The number of pyridine rings is 2. The van der Waals surface area contributed by atoms with Crippen molar-refractivity contribution in [2.75, 3.05) is 0 Å². The zero-order valence-corrected chi connectivity index (χ0v) is 12.6. The van der Waals surface area contributed by atoms with E-state index in [1.54, 1.807) is 0 Å². The van der Waals surface area contributed by atoms with Crippen LogP contribution in [-0.2, 0) is 20.1 Å². The number of rotatable bonds is 4. The molecule has 3 rings (SSSR count). The maximum absolute atomic E-state index is 4.49. The van der Waals surface area contributed by atoms with E-state index in [1.165, 1.54) is 5.56 Å². The Morgan fingerprint density at radius 3 is 2.86 bits per heavy atom. The minimum Gasteiger partial charge on any atom is -0.307 e. The van der Waals surface area contributed by atoms with Gasteiger partial charge in [0.2, 0.25) is 0 Å². The Balaban J connectivity index is 1.71. The fourth-order valence-corrected chi connectivity index (χ4v) is 2.48. The molecule has 108 valence electrons. The Hall–Kier alpha value is -2.27. The highest BCUT2D eigenvalue weighted by Crippen LogP contribution is 2.16. The molecule has 0 unspecified atom stereocenters. The van der Waals surface area contributed by atoms with E-state index in [4.69, 9.17) is 0 Å². The van der Waals surface area contributed by atoms with Crippen LogP contribution in [0, 0.1) is 13.8 Å². The Morgan fingerprint density at radius 1 is 1.19 bits per heavy atom. The molecule has 3 aromatic rings. The second-order valence-corrected chi connectivity index (χ2v) is 5.29. The molecule has 0 amide bonds. The number of aryl methyl sites for hydroxylation is 3. The van der Waals surface area contributed by atoms with Gasteiger partial charge in [-0.1, -0.05) is 6.07 Å². The van der Waals surface area contributed by atoms with Crippen LogP contribution in [0.4, 0.5) is 0 Å². The van der Waals surface area contributed by atoms with Crippen LogP contribution in [0.2, 0.25) is 0 Å². The lowest BCUT2D eigenvalue weighted by molar-refractivity contribution is 0.675. The van der Waals surface area contributed by atoms with E-state index in [9.17, 15) is 0 Å². The molecule has 0 saturated carbocycles. The Kier molecular flexibility index (Phi) is 3.66. The smallest absolute Gasteiger partial charge is 0.157 e. The van der Waals surface area contributed by atoms with Crippen molar-refractivity contribution in [2.45, 2.75) is 26.9 Å². The highest BCUT2D eigenvalue weighted by atomic mass is 15.3. The highest BCUT2D eigenvalue weighted by molar-refractivity contribution is 5.78. The molecule has 0 radical (unpaired) electrons. The van der Waals surface area contributed by atoms with Crippen molar-refractivity contribution in [2.24, 2.45) is 7.05 Å². The largest absolute Gasteiger partial charge is 0.307 e. The Morgan fingerprint density at radius 2 is 2.05 bits per heavy atom. The normalized spacial score (nSPS) is 11.2. The maximum Gasteiger partial charge on any atom is 0.157 e. The van der Waals surface area contributed by atoms with Gasteiger partial charge in [-0.05, 0) is 37.1 Å². The second-order valence-electron chi connectivity index (χ2n) is 5.29. The molecule has 0 saturated heterocycles. The highest BCUT2D eigenvalue weighted by Gasteiger charge is 2.07. The van der Waals surface area contributed by atoms with E-state index in [0.717, 1.165) is 41.1 Å². The molecule has 0 fully saturated rings. The summed E-state index contributed by atoms with van der Waals surface area (Å²) in [4.78, 5) is 8.87. The molecule has 0 aliphatic carbocycles. The summed E-state index contributed by atoms with van der Waals surface area (Å²) in [5.41, 5.74) is 5.40. The van der Waals surface area contributed by atoms with Crippen molar-refractivity contribution in [1.29, 1.82) is 0 Å². The summed E-state index contributed by atoms with van der Waals surface area (Å²) in [5, 5.41) is 8.93. The van der Waals surface area contributed by atoms with Crippen LogP contribution in [-0.4, -0.2) is 19.7 Å². The number of fused-ring (bicyclic) bond motifs is 1. The van der Waals surface area contributed by atoms with Crippen molar-refractivity contribution >= 4 is 11.0 Å². The second kappa shape index (κ2) is 5.61. The fraction of sp³-hybridized carbons (Fsp3) is 0.312. The van der Waals surface area contributed by atoms with Crippen molar-refractivity contribution in [3.63, 3.8) is 0 Å². The number of nitrogens with zero attached hydrogens (tertiary/aromatic N) is 4. The number of hydrogen-bond donors (Lipinski definition) is 1. The Bertz CT molecular complexity index is 775. The van der Waals surface area contributed by atoms with Crippen LogP contribution in [0.1, 0.15) is 22.5 Å². The molecule has 1 N–H and O–H groups in total. The molecule has 0 aliphatic heterocycles. The zero-order chi connectivity index (χ0) is 14.8. The van der Waals surface area contributed by atoms with E-state index < -0.39 is 0 Å². The average Bonchev–Trinajstić information content (AvgIpc) is 2.76. The fourth-order valence-electron chi connectivity index (χ4n) is 2.48. The lowest BCUT2D eigenvalue weighted by Gasteiger charge is -2.07. The van der Waals surface area contributed by atoms with Crippen LogP contribution < -0.4 is 5.32 Å². The first-order valence-electron chi connectivity index (χ1n) is 7.04. The van der Waals surface area contributed by atoms with Crippen LogP contribution in [0.3, 0.4) is 0 Å². The van der Waals surface area contributed by atoms with Crippen LogP contribution >= 0.6 is 0 Å². The topological polar surface area (TPSA) is 55.6 Å². The summed E-state index contributed by atoms with van der Waals surface area (Å²) in [7, 11) is 1.92. The summed E-state index contributed by atoms with van der Waals surface area (Å²) in [6.07, 6.45) is 3.73. The summed E-state index contributed by atoms with van der Waals surface area (Å²) in [5.74, 6) is 0. The van der Waals surface area contributed by atoms with Crippen LogP contribution in [0.5, 0.6) is 0 Å². The van der Waals surface area contributed by atoms with Crippen molar-refractivity contribution in [3.8, 4) is 0 Å². The summed E-state index contributed by atoms with van der Waals surface area (Å²) >= 11 is 0. The minimum absolute atomic E-state index is 0.761. The van der Waals surface area contributed by atoms with Gasteiger partial charge in [0.1, 0.15) is 0 Å². The zero-order valence-electron chi connectivity index (χ0n) is 12.6. The van der Waals surface area contributed by atoms with Crippen molar-refractivity contribution in [1.82, 2.24) is 25.1 Å². The minimum atomic E-state index is 0.761. The number of nitrogens with one attached hydrogen (secondary N) is 1. The van der Waals surface area contributed by atoms with Crippen LogP contribution in [0.25, 0.3) is 11.0 Å². The molecule has 0 spiro atoms. The molecule has 21 heavy (non-hydrogen) atoms.